The molecule has 4 amide bonds. The van der Waals surface area contributed by atoms with Gasteiger partial charge in [-0.2, -0.15) is 0 Å². The Balaban J connectivity index is 2.52. The summed E-state index contributed by atoms with van der Waals surface area (Å²) in [6.45, 7) is 0. The zero-order chi connectivity index (χ0) is 19.8. The van der Waals surface area contributed by atoms with Gasteiger partial charge in [0.25, 0.3) is 17.4 Å². The molecule has 1 aliphatic rings. The molecular formula is C16H18N4O6. The van der Waals surface area contributed by atoms with Crippen LogP contribution >= 0.6 is 0 Å². The minimum Gasteiger partial charge on any atom is -0.481 e. The van der Waals surface area contributed by atoms with Crippen molar-refractivity contribution in [2.24, 2.45) is 14.1 Å². The molecule has 0 unspecified atom stereocenters. The molecule has 1 saturated heterocycles. The molecule has 1 aromatic rings. The SMILES string of the molecule is COc1c(/C=C/C=C2C(=O)N(C)C(=O)N(C)C2=O)c(=O)n(C)c(=O)n1C. The van der Waals surface area contributed by atoms with Gasteiger partial charge in [0.2, 0.25) is 5.88 Å². The number of allylic oxidation sites excluding steroid dienone is 2. The molecular weight excluding hydrogens is 344 g/mol. The van der Waals surface area contributed by atoms with Gasteiger partial charge in [0.05, 0.1) is 7.11 Å². The molecule has 2 rings (SSSR count). The van der Waals surface area contributed by atoms with E-state index in [-0.39, 0.29) is 17.0 Å². The lowest BCUT2D eigenvalue weighted by Gasteiger charge is -2.28. The van der Waals surface area contributed by atoms with E-state index in [0.29, 0.717) is 0 Å². The first-order valence-electron chi connectivity index (χ1n) is 7.45. The minimum absolute atomic E-state index is 0.0402. The van der Waals surface area contributed by atoms with Crippen LogP contribution in [0, 0.1) is 0 Å². The molecule has 1 fully saturated rings. The van der Waals surface area contributed by atoms with Gasteiger partial charge in [-0.25, -0.2) is 9.59 Å². The Morgan fingerprint density at radius 3 is 1.88 bits per heavy atom. The van der Waals surface area contributed by atoms with Crippen LogP contribution in [0.3, 0.4) is 0 Å². The quantitative estimate of drug-likeness (QED) is 0.508. The van der Waals surface area contributed by atoms with Gasteiger partial charge in [0.1, 0.15) is 11.1 Å². The van der Waals surface area contributed by atoms with Crippen LogP contribution in [-0.4, -0.2) is 58.0 Å². The molecule has 10 nitrogen and oxygen atoms in total. The number of carbonyl (C=O) groups is 3. The van der Waals surface area contributed by atoms with E-state index in [1.54, 1.807) is 0 Å². The monoisotopic (exact) mass is 362 g/mol. The fourth-order valence-corrected chi connectivity index (χ4v) is 2.48. The van der Waals surface area contributed by atoms with E-state index in [1.165, 1.54) is 53.5 Å². The molecule has 0 aliphatic carbocycles. The van der Waals surface area contributed by atoms with Crippen molar-refractivity contribution in [1.29, 1.82) is 0 Å². The third-order valence-corrected chi connectivity index (χ3v) is 4.01. The fourth-order valence-electron chi connectivity index (χ4n) is 2.48. The summed E-state index contributed by atoms with van der Waals surface area (Å²) < 4.78 is 7.18. The molecule has 0 radical (unpaired) electrons. The van der Waals surface area contributed by atoms with Crippen LogP contribution in [0.5, 0.6) is 5.88 Å². The largest absolute Gasteiger partial charge is 0.481 e. The van der Waals surface area contributed by atoms with Crippen LogP contribution in [0.2, 0.25) is 0 Å². The Morgan fingerprint density at radius 1 is 0.846 bits per heavy atom. The number of hydrogen-bond donors (Lipinski definition) is 0. The first kappa shape index (κ1) is 18.9. The summed E-state index contributed by atoms with van der Waals surface area (Å²) in [6, 6.07) is -0.727. The van der Waals surface area contributed by atoms with Gasteiger partial charge in [-0.05, 0) is 12.2 Å². The maximum Gasteiger partial charge on any atom is 0.333 e. The molecule has 138 valence electrons. The van der Waals surface area contributed by atoms with Crippen molar-refractivity contribution in [1.82, 2.24) is 18.9 Å². The van der Waals surface area contributed by atoms with Crippen LogP contribution < -0.4 is 16.0 Å². The maximum atomic E-state index is 12.3. The molecule has 0 N–H and O–H groups in total. The molecule has 1 aliphatic heterocycles. The van der Waals surface area contributed by atoms with Crippen molar-refractivity contribution in [2.75, 3.05) is 21.2 Å². The van der Waals surface area contributed by atoms with Crippen molar-refractivity contribution in [3.8, 4) is 5.88 Å². The Hall–Kier alpha value is -3.43. The van der Waals surface area contributed by atoms with Gasteiger partial charge in [0.15, 0.2) is 0 Å². The molecule has 0 bridgehead atoms. The second-order valence-electron chi connectivity index (χ2n) is 5.58. The maximum absolute atomic E-state index is 12.3. The summed E-state index contributed by atoms with van der Waals surface area (Å²) in [5.41, 5.74) is -1.30. The molecule has 0 spiro atoms. The number of nitrogens with zero attached hydrogens (tertiary/aromatic N) is 4. The molecule has 26 heavy (non-hydrogen) atoms. The Morgan fingerprint density at radius 2 is 1.38 bits per heavy atom. The molecule has 1 aromatic heterocycles. The van der Waals surface area contributed by atoms with Crippen LogP contribution in [0.1, 0.15) is 5.56 Å². The second-order valence-corrected chi connectivity index (χ2v) is 5.58. The summed E-state index contributed by atoms with van der Waals surface area (Å²) in [5, 5.41) is 0. The number of aromatic nitrogens is 2. The van der Waals surface area contributed by atoms with E-state index in [4.69, 9.17) is 4.74 Å². The zero-order valence-electron chi connectivity index (χ0n) is 15.0. The summed E-state index contributed by atoms with van der Waals surface area (Å²) in [6.07, 6.45) is 3.84. The lowest BCUT2D eigenvalue weighted by molar-refractivity contribution is -0.134. The van der Waals surface area contributed by atoms with Crippen LogP contribution in [0.15, 0.2) is 27.3 Å². The number of carbonyl (C=O) groups excluding carboxylic acids is 3. The minimum atomic E-state index is -0.747. The Labute approximate surface area is 148 Å². The summed E-state index contributed by atoms with van der Waals surface area (Å²) in [4.78, 5) is 61.7. The van der Waals surface area contributed by atoms with Gasteiger partial charge >= 0.3 is 11.7 Å². The van der Waals surface area contributed by atoms with Crippen molar-refractivity contribution in [3.05, 3.63) is 44.1 Å². The van der Waals surface area contributed by atoms with E-state index in [0.717, 1.165) is 18.9 Å². The predicted molar refractivity (Wildman–Crippen MR) is 91.5 cm³/mol. The summed E-state index contributed by atoms with van der Waals surface area (Å²) in [7, 11) is 6.60. The first-order valence-corrected chi connectivity index (χ1v) is 7.45. The average Bonchev–Trinajstić information content (AvgIpc) is 2.63. The first-order chi connectivity index (χ1) is 12.1. The number of urea groups is 1. The summed E-state index contributed by atoms with van der Waals surface area (Å²) >= 11 is 0. The van der Waals surface area contributed by atoms with E-state index in [1.807, 2.05) is 0 Å². The fraction of sp³-hybridized carbons (Fsp3) is 0.312. The van der Waals surface area contributed by atoms with Crippen LogP contribution in [0.25, 0.3) is 6.08 Å². The van der Waals surface area contributed by atoms with E-state index in [9.17, 15) is 24.0 Å². The number of likely N-dealkylation sites (N-methyl/N-ethyl adjacent to an activating group) is 2. The van der Waals surface area contributed by atoms with Crippen molar-refractivity contribution >= 4 is 23.9 Å². The highest BCUT2D eigenvalue weighted by Gasteiger charge is 2.37. The molecule has 0 aromatic carbocycles. The zero-order valence-corrected chi connectivity index (χ0v) is 15.0. The van der Waals surface area contributed by atoms with E-state index in [2.05, 4.69) is 0 Å². The van der Waals surface area contributed by atoms with Crippen LogP contribution in [0.4, 0.5) is 4.79 Å². The van der Waals surface area contributed by atoms with Crippen molar-refractivity contribution < 1.29 is 19.1 Å². The van der Waals surface area contributed by atoms with Crippen molar-refractivity contribution in [3.63, 3.8) is 0 Å². The number of rotatable bonds is 3. The van der Waals surface area contributed by atoms with E-state index < -0.39 is 29.1 Å². The van der Waals surface area contributed by atoms with Gasteiger partial charge in [0, 0.05) is 28.2 Å². The predicted octanol–water partition coefficient (Wildman–Crippen LogP) is -0.917. The highest BCUT2D eigenvalue weighted by molar-refractivity contribution is 6.28. The Bertz CT molecular complexity index is 956. The third kappa shape index (κ3) is 2.85. The number of hydrogen-bond acceptors (Lipinski definition) is 6. The molecule has 10 heteroatoms. The number of barbiturate groups is 1. The smallest absolute Gasteiger partial charge is 0.333 e. The van der Waals surface area contributed by atoms with E-state index >= 15 is 0 Å². The second kappa shape index (κ2) is 6.82. The molecule has 0 saturated carbocycles. The van der Waals surface area contributed by atoms with Gasteiger partial charge in [-0.3, -0.25) is 33.3 Å². The van der Waals surface area contributed by atoms with Crippen LogP contribution in [-0.2, 0) is 23.7 Å². The Kier molecular flexibility index (Phi) is 4.96. The lowest BCUT2D eigenvalue weighted by Crippen LogP contribution is -2.52. The standard InChI is InChI=1S/C16H18N4O6/c1-17-11(21)9(12(22)18(2)15(17)24)7-6-8-10-13(23)19(3)16(25)20(4)14(10)26-5/h6-8H,1-5H3/b8-6+. The normalized spacial score (nSPS) is 15.3. The van der Waals surface area contributed by atoms with Gasteiger partial charge < -0.3 is 4.74 Å². The molecule has 2 heterocycles. The number of ether oxygens (including phenoxy) is 1. The van der Waals surface area contributed by atoms with Crippen molar-refractivity contribution in [2.45, 2.75) is 0 Å². The van der Waals surface area contributed by atoms with Gasteiger partial charge in [-0.1, -0.05) is 6.08 Å². The third-order valence-electron chi connectivity index (χ3n) is 4.01. The summed E-state index contributed by atoms with van der Waals surface area (Å²) in [5.74, 6) is -1.45. The average molecular weight is 362 g/mol. The van der Waals surface area contributed by atoms with Gasteiger partial charge in [-0.15, -0.1) is 0 Å². The number of methoxy groups -OCH3 is 1. The molecule has 0 atom stereocenters. The highest BCUT2D eigenvalue weighted by Crippen LogP contribution is 2.16. The lowest BCUT2D eigenvalue weighted by atomic mass is 10.1. The highest BCUT2D eigenvalue weighted by atomic mass is 16.5. The number of amides is 4. The number of imide groups is 2. The topological polar surface area (TPSA) is 111 Å².